The number of oxime groups is 1. The summed E-state index contributed by atoms with van der Waals surface area (Å²) in [5.74, 6) is 0.358. The Morgan fingerprint density at radius 2 is 1.78 bits per heavy atom. The minimum absolute atomic E-state index is 0.00253. The number of rotatable bonds is 7. The summed E-state index contributed by atoms with van der Waals surface area (Å²) in [4.78, 5) is 30.0. The van der Waals surface area contributed by atoms with Crippen molar-refractivity contribution in [2.45, 2.75) is 47.1 Å². The molecule has 0 fully saturated rings. The van der Waals surface area contributed by atoms with Gasteiger partial charge in [0, 0.05) is 25.7 Å². The van der Waals surface area contributed by atoms with Crippen LogP contribution in [-0.2, 0) is 25.8 Å². The second-order valence-electron chi connectivity index (χ2n) is 8.22. The Hall–Kier alpha value is -3.41. The first kappa shape index (κ1) is 23.3. The monoisotopic (exact) mass is 434 g/mol. The second-order valence-corrected chi connectivity index (χ2v) is 8.22. The van der Waals surface area contributed by atoms with E-state index in [1.165, 1.54) is 14.0 Å². The van der Waals surface area contributed by atoms with Crippen LogP contribution in [-0.4, -0.2) is 24.6 Å². The molecule has 0 bridgehead atoms. The molecule has 3 rings (SSSR count). The SMILES string of the molecule is CON=C(CC1CC(OCc2ccccc2)=C(c2c(C)cc(C)cc2C)C1=O)NC(C)=O. The standard InChI is InChI=1S/C26H30N2O4/c1-16-11-17(2)24(18(3)12-16)25-22(32-15-20-9-7-6-8-10-20)13-21(26(25)30)14-23(28-31-5)27-19(4)29/h6-12,21H,13-15H2,1-5H3,(H,27,28,29). The average Bonchev–Trinajstić information content (AvgIpc) is 3.02. The number of nitrogens with zero attached hydrogens (tertiary/aromatic N) is 1. The van der Waals surface area contributed by atoms with Crippen LogP contribution in [0.3, 0.4) is 0 Å². The Labute approximate surface area is 189 Å². The number of Topliss-reactive ketones (excluding diaryl/α,β-unsaturated/α-hetero) is 1. The third-order valence-electron chi connectivity index (χ3n) is 5.47. The molecular formula is C26H30N2O4. The lowest BCUT2D eigenvalue weighted by atomic mass is 9.90. The number of hydrogen-bond acceptors (Lipinski definition) is 5. The van der Waals surface area contributed by atoms with Gasteiger partial charge in [-0.1, -0.05) is 53.2 Å². The molecule has 0 saturated heterocycles. The van der Waals surface area contributed by atoms with Gasteiger partial charge in [0.1, 0.15) is 25.3 Å². The molecule has 1 N–H and O–H groups in total. The van der Waals surface area contributed by atoms with Crippen molar-refractivity contribution in [2.24, 2.45) is 11.1 Å². The van der Waals surface area contributed by atoms with Crippen LogP contribution >= 0.6 is 0 Å². The lowest BCUT2D eigenvalue weighted by Crippen LogP contribution is -2.31. The molecule has 6 heteroatoms. The van der Waals surface area contributed by atoms with Gasteiger partial charge in [-0.3, -0.25) is 9.59 Å². The van der Waals surface area contributed by atoms with E-state index in [0.29, 0.717) is 30.2 Å². The zero-order valence-corrected chi connectivity index (χ0v) is 19.3. The summed E-state index contributed by atoms with van der Waals surface area (Å²) in [6, 6.07) is 14.0. The van der Waals surface area contributed by atoms with Crippen molar-refractivity contribution in [1.82, 2.24) is 5.32 Å². The van der Waals surface area contributed by atoms with Crippen LogP contribution < -0.4 is 5.32 Å². The number of allylic oxidation sites excluding steroid dienone is 2. The average molecular weight is 435 g/mol. The molecule has 168 valence electrons. The molecule has 0 aromatic heterocycles. The van der Waals surface area contributed by atoms with E-state index in [-0.39, 0.29) is 18.1 Å². The summed E-state index contributed by atoms with van der Waals surface area (Å²) < 4.78 is 6.22. The van der Waals surface area contributed by atoms with Crippen molar-refractivity contribution >= 4 is 23.1 Å². The highest BCUT2D eigenvalue weighted by Gasteiger charge is 2.37. The minimum atomic E-state index is -0.392. The molecule has 0 heterocycles. The number of benzene rings is 2. The molecule has 1 aliphatic rings. The predicted molar refractivity (Wildman–Crippen MR) is 125 cm³/mol. The quantitative estimate of drug-likeness (QED) is 0.392. The Bertz CT molecular complexity index is 1050. The molecule has 1 atom stereocenters. The van der Waals surface area contributed by atoms with Crippen molar-refractivity contribution in [3.63, 3.8) is 0 Å². The maximum Gasteiger partial charge on any atom is 0.222 e. The Balaban J connectivity index is 1.96. The number of hydrogen-bond donors (Lipinski definition) is 1. The molecule has 0 spiro atoms. The van der Waals surface area contributed by atoms with Gasteiger partial charge in [0.15, 0.2) is 5.78 Å². The van der Waals surface area contributed by atoms with Crippen molar-refractivity contribution in [3.05, 3.63) is 76.0 Å². The molecule has 32 heavy (non-hydrogen) atoms. The first-order valence-electron chi connectivity index (χ1n) is 10.7. The van der Waals surface area contributed by atoms with Crippen molar-refractivity contribution < 1.29 is 19.2 Å². The fourth-order valence-corrected chi connectivity index (χ4v) is 4.30. The Morgan fingerprint density at radius 3 is 2.38 bits per heavy atom. The fourth-order valence-electron chi connectivity index (χ4n) is 4.30. The van der Waals surface area contributed by atoms with Gasteiger partial charge in [-0.25, -0.2) is 0 Å². The van der Waals surface area contributed by atoms with E-state index in [9.17, 15) is 9.59 Å². The molecule has 1 amide bonds. The molecule has 1 aliphatic carbocycles. The number of aryl methyl sites for hydroxylation is 3. The van der Waals surface area contributed by atoms with Gasteiger partial charge in [0.25, 0.3) is 0 Å². The van der Waals surface area contributed by atoms with Crippen LogP contribution in [0.1, 0.15) is 47.6 Å². The summed E-state index contributed by atoms with van der Waals surface area (Å²) in [5, 5.41) is 6.56. The summed E-state index contributed by atoms with van der Waals surface area (Å²) in [7, 11) is 1.41. The van der Waals surface area contributed by atoms with Crippen LogP contribution in [0.2, 0.25) is 0 Å². The van der Waals surface area contributed by atoms with Crippen molar-refractivity contribution in [2.75, 3.05) is 7.11 Å². The number of amides is 1. The van der Waals surface area contributed by atoms with E-state index in [0.717, 1.165) is 27.8 Å². The van der Waals surface area contributed by atoms with Gasteiger partial charge in [0.2, 0.25) is 5.91 Å². The van der Waals surface area contributed by atoms with Gasteiger partial charge in [-0.2, -0.15) is 0 Å². The van der Waals surface area contributed by atoms with Crippen LogP contribution in [0, 0.1) is 26.7 Å². The van der Waals surface area contributed by atoms with E-state index in [1.807, 2.05) is 51.1 Å². The zero-order chi connectivity index (χ0) is 23.3. The third kappa shape index (κ3) is 5.44. The summed E-state index contributed by atoms with van der Waals surface area (Å²) in [6.45, 7) is 7.87. The number of carbonyl (C=O) groups excluding carboxylic acids is 2. The number of ketones is 1. The molecular weight excluding hydrogens is 404 g/mol. The molecule has 2 aromatic carbocycles. The minimum Gasteiger partial charge on any atom is -0.492 e. The lowest BCUT2D eigenvalue weighted by Gasteiger charge is -2.15. The molecule has 1 unspecified atom stereocenters. The normalized spacial score (nSPS) is 16.3. The third-order valence-corrected chi connectivity index (χ3v) is 5.47. The van der Waals surface area contributed by atoms with E-state index in [4.69, 9.17) is 9.57 Å². The van der Waals surface area contributed by atoms with Gasteiger partial charge >= 0.3 is 0 Å². The molecule has 0 aliphatic heterocycles. The summed E-state index contributed by atoms with van der Waals surface area (Å²) in [5.41, 5.74) is 5.82. The molecule has 6 nitrogen and oxygen atoms in total. The smallest absolute Gasteiger partial charge is 0.222 e. The van der Waals surface area contributed by atoms with Gasteiger partial charge in [0.05, 0.1) is 5.57 Å². The zero-order valence-electron chi connectivity index (χ0n) is 19.3. The Morgan fingerprint density at radius 1 is 1.12 bits per heavy atom. The van der Waals surface area contributed by atoms with Crippen LogP contribution in [0.15, 0.2) is 53.4 Å². The number of ether oxygens (including phenoxy) is 1. The van der Waals surface area contributed by atoms with Crippen LogP contribution in [0.4, 0.5) is 0 Å². The number of nitrogens with one attached hydrogen (secondary N) is 1. The molecule has 2 aromatic rings. The largest absolute Gasteiger partial charge is 0.492 e. The van der Waals surface area contributed by atoms with Gasteiger partial charge in [-0.15, -0.1) is 0 Å². The second kappa shape index (κ2) is 10.3. The fraction of sp³-hybridized carbons (Fsp3) is 0.346. The molecule has 0 saturated carbocycles. The molecule has 0 radical (unpaired) electrons. The number of amidine groups is 1. The van der Waals surface area contributed by atoms with Crippen LogP contribution in [0.5, 0.6) is 0 Å². The lowest BCUT2D eigenvalue weighted by molar-refractivity contribution is -0.118. The number of carbonyl (C=O) groups is 2. The van der Waals surface area contributed by atoms with E-state index < -0.39 is 5.92 Å². The highest BCUT2D eigenvalue weighted by Crippen LogP contribution is 2.40. The van der Waals surface area contributed by atoms with E-state index in [2.05, 4.69) is 22.6 Å². The maximum absolute atomic E-state index is 13.6. The highest BCUT2D eigenvalue weighted by molar-refractivity contribution is 6.26. The van der Waals surface area contributed by atoms with Crippen LogP contribution in [0.25, 0.3) is 5.57 Å². The maximum atomic E-state index is 13.6. The summed E-state index contributed by atoms with van der Waals surface area (Å²) in [6.07, 6.45) is 0.702. The van der Waals surface area contributed by atoms with Gasteiger partial charge in [-0.05, 0) is 43.0 Å². The Kier molecular flexibility index (Phi) is 7.46. The van der Waals surface area contributed by atoms with Crippen molar-refractivity contribution in [1.29, 1.82) is 0 Å². The topological polar surface area (TPSA) is 77.0 Å². The van der Waals surface area contributed by atoms with Crippen molar-refractivity contribution in [3.8, 4) is 0 Å². The van der Waals surface area contributed by atoms with Gasteiger partial charge < -0.3 is 14.9 Å². The predicted octanol–water partition coefficient (Wildman–Crippen LogP) is 4.61. The van der Waals surface area contributed by atoms with E-state index in [1.54, 1.807) is 0 Å². The first-order chi connectivity index (χ1) is 15.3. The summed E-state index contributed by atoms with van der Waals surface area (Å²) >= 11 is 0. The first-order valence-corrected chi connectivity index (χ1v) is 10.7. The highest BCUT2D eigenvalue weighted by atomic mass is 16.6. The van der Waals surface area contributed by atoms with E-state index >= 15 is 0 Å².